The Balaban J connectivity index is 2.03. The maximum absolute atomic E-state index is 6.40. The summed E-state index contributed by atoms with van der Waals surface area (Å²) in [6.45, 7) is 0. The summed E-state index contributed by atoms with van der Waals surface area (Å²) in [7, 11) is 0. The Morgan fingerprint density at radius 1 is 0.696 bits per heavy atom. The van der Waals surface area contributed by atoms with E-state index in [1.165, 1.54) is 0 Å². The van der Waals surface area contributed by atoms with Gasteiger partial charge in [-0.15, -0.1) is 0 Å². The molecule has 1 aliphatic rings. The normalized spacial score (nSPS) is 14.7. The van der Waals surface area contributed by atoms with Crippen molar-refractivity contribution in [3.63, 3.8) is 0 Å². The first-order valence-corrected chi connectivity index (χ1v) is 8.31. The number of anilines is 2. The van der Waals surface area contributed by atoms with Gasteiger partial charge in [0, 0.05) is 0 Å². The van der Waals surface area contributed by atoms with Crippen molar-refractivity contribution < 1.29 is 9.78 Å². The Morgan fingerprint density at radius 2 is 1.13 bits per heavy atom. The van der Waals surface area contributed by atoms with Crippen molar-refractivity contribution in [3.8, 4) is 11.5 Å². The van der Waals surface area contributed by atoms with Crippen LogP contribution in [0.4, 0.5) is 11.4 Å². The largest absolute Gasteiger partial charge is 0.396 e. The van der Waals surface area contributed by atoms with E-state index in [1.54, 1.807) is 12.1 Å². The van der Waals surface area contributed by atoms with Crippen LogP contribution in [0.15, 0.2) is 24.3 Å². The molecule has 1 aliphatic heterocycles. The lowest BCUT2D eigenvalue weighted by Crippen LogP contribution is -2.07. The smallest absolute Gasteiger partial charge is 0.220 e. The molecule has 0 unspecified atom stereocenters. The van der Waals surface area contributed by atoms with Crippen molar-refractivity contribution >= 4 is 34.6 Å². The van der Waals surface area contributed by atoms with Crippen molar-refractivity contribution in [2.75, 3.05) is 11.5 Å². The molecule has 0 fully saturated rings. The van der Waals surface area contributed by atoms with Gasteiger partial charge < -0.3 is 11.5 Å². The van der Waals surface area contributed by atoms with E-state index < -0.39 is 0 Å². The molecule has 122 valence electrons. The molecule has 4 N–H and O–H groups in total. The van der Waals surface area contributed by atoms with Gasteiger partial charge in [0.15, 0.2) is 0 Å². The fourth-order valence-electron chi connectivity index (χ4n) is 2.67. The Morgan fingerprint density at radius 3 is 1.57 bits per heavy atom. The molecule has 0 aromatic heterocycles. The zero-order chi connectivity index (χ0) is 16.4. The number of hydrogen-bond acceptors (Lipinski definition) is 4. The molecule has 0 atom stereocenters. The molecule has 0 aliphatic carbocycles. The van der Waals surface area contributed by atoms with Crippen molar-refractivity contribution in [1.29, 1.82) is 0 Å². The molecule has 0 spiro atoms. The third-order valence-corrected chi connectivity index (χ3v) is 4.84. The predicted octanol–water partition coefficient (Wildman–Crippen LogP) is 4.80. The fourth-order valence-corrected chi connectivity index (χ4v) is 3.27. The van der Waals surface area contributed by atoms with E-state index in [4.69, 9.17) is 44.4 Å². The van der Waals surface area contributed by atoms with Crippen LogP contribution in [0.25, 0.3) is 0 Å². The second-order valence-corrected chi connectivity index (χ2v) is 6.40. The molecule has 6 heteroatoms. The third kappa shape index (κ3) is 3.28. The molecule has 2 aromatic rings. The van der Waals surface area contributed by atoms with E-state index in [9.17, 15) is 0 Å². The summed E-state index contributed by atoms with van der Waals surface area (Å²) >= 11 is 12.8. The molecule has 4 nitrogen and oxygen atoms in total. The van der Waals surface area contributed by atoms with E-state index in [1.807, 2.05) is 12.1 Å². The zero-order valence-electron chi connectivity index (χ0n) is 12.6. The highest BCUT2D eigenvalue weighted by Gasteiger charge is 2.18. The van der Waals surface area contributed by atoms with Crippen LogP contribution < -0.4 is 21.2 Å². The number of nitrogens with two attached hydrogens (primary N) is 2. The second kappa shape index (κ2) is 6.77. The number of hydrogen-bond donors (Lipinski definition) is 2. The number of fused-ring (bicyclic) bond motifs is 4. The van der Waals surface area contributed by atoms with Crippen LogP contribution >= 0.6 is 23.2 Å². The van der Waals surface area contributed by atoms with E-state index in [-0.39, 0.29) is 0 Å². The van der Waals surface area contributed by atoms with Gasteiger partial charge in [-0.1, -0.05) is 41.8 Å². The minimum atomic E-state index is 0.296. The lowest BCUT2D eigenvalue weighted by atomic mass is 10.0. The fraction of sp³-hybridized carbons (Fsp3) is 0.294. The van der Waals surface area contributed by atoms with Crippen LogP contribution in [-0.2, 0) is 12.8 Å². The molecule has 4 bridgehead atoms. The van der Waals surface area contributed by atoms with Crippen molar-refractivity contribution in [2.24, 2.45) is 0 Å². The Labute approximate surface area is 145 Å². The molecule has 0 saturated carbocycles. The van der Waals surface area contributed by atoms with Crippen LogP contribution in [0.2, 0.25) is 10.0 Å². The summed E-state index contributed by atoms with van der Waals surface area (Å²) in [5.41, 5.74) is 14.7. The van der Waals surface area contributed by atoms with E-state index in [2.05, 4.69) is 0 Å². The van der Waals surface area contributed by atoms with Crippen molar-refractivity contribution in [2.45, 2.75) is 32.1 Å². The first kappa shape index (κ1) is 16.1. The summed E-state index contributed by atoms with van der Waals surface area (Å²) in [6.07, 6.45) is 4.87. The summed E-state index contributed by atoms with van der Waals surface area (Å²) in [6, 6.07) is 7.37. The van der Waals surface area contributed by atoms with Gasteiger partial charge in [0.2, 0.25) is 11.5 Å². The first-order valence-electron chi connectivity index (χ1n) is 7.56. The van der Waals surface area contributed by atoms with Crippen LogP contribution in [-0.4, -0.2) is 0 Å². The number of rotatable bonds is 0. The number of aryl methyl sites for hydroxylation is 2. The minimum absolute atomic E-state index is 0.296. The molecular weight excluding hydrogens is 335 g/mol. The van der Waals surface area contributed by atoms with Crippen LogP contribution in [0.3, 0.4) is 0 Å². The second-order valence-electron chi connectivity index (χ2n) is 5.64. The van der Waals surface area contributed by atoms with Gasteiger partial charge in [-0.2, -0.15) is 0 Å². The standard InChI is InChI=1S/C17H18Cl2N2O2/c18-14-10-4-2-1-3-5-11-7-9-13(21)17(15(11)19)23-22-16(14)12(20)8-6-10/h6-9H,1-5,20-21H2. The SMILES string of the molecule is Nc1ccc2c(Cl)c1OOc1c(N)ccc(c1Cl)CCCCC2. The van der Waals surface area contributed by atoms with Crippen molar-refractivity contribution in [1.82, 2.24) is 0 Å². The molecule has 2 aromatic carbocycles. The summed E-state index contributed by atoms with van der Waals surface area (Å²) in [4.78, 5) is 10.8. The van der Waals surface area contributed by atoms with Crippen molar-refractivity contribution in [3.05, 3.63) is 45.4 Å². The van der Waals surface area contributed by atoms with Gasteiger partial charge >= 0.3 is 0 Å². The summed E-state index contributed by atoms with van der Waals surface area (Å²) in [5.74, 6) is 0.591. The average Bonchev–Trinajstić information content (AvgIpc) is 2.53. The summed E-state index contributed by atoms with van der Waals surface area (Å²) < 4.78 is 0. The molecule has 0 amide bonds. The highest BCUT2D eigenvalue weighted by Crippen LogP contribution is 2.39. The number of benzene rings is 2. The Bertz CT molecular complexity index is 674. The lowest BCUT2D eigenvalue weighted by Gasteiger charge is -2.14. The first-order chi connectivity index (χ1) is 11.1. The molecule has 3 rings (SSSR count). The summed E-state index contributed by atoms with van der Waals surface area (Å²) in [5, 5.41) is 0.935. The van der Waals surface area contributed by atoms with Gasteiger partial charge in [0.05, 0.1) is 21.4 Å². The van der Waals surface area contributed by atoms with Gasteiger partial charge in [-0.05, 0) is 48.9 Å². The number of nitrogen functional groups attached to an aromatic ring is 2. The van der Waals surface area contributed by atoms with Gasteiger partial charge in [-0.3, -0.25) is 9.78 Å². The molecule has 0 radical (unpaired) electrons. The Hall–Kier alpha value is -1.78. The highest BCUT2D eigenvalue weighted by atomic mass is 35.5. The van der Waals surface area contributed by atoms with E-state index in [0.717, 1.165) is 43.2 Å². The monoisotopic (exact) mass is 352 g/mol. The average molecular weight is 353 g/mol. The van der Waals surface area contributed by atoms with Crippen LogP contribution in [0.5, 0.6) is 11.5 Å². The van der Waals surface area contributed by atoms with E-state index in [0.29, 0.717) is 32.9 Å². The number of halogens is 2. The minimum Gasteiger partial charge on any atom is -0.396 e. The molecule has 0 saturated heterocycles. The predicted molar refractivity (Wildman–Crippen MR) is 94.2 cm³/mol. The van der Waals surface area contributed by atoms with Gasteiger partial charge in [-0.25, -0.2) is 0 Å². The third-order valence-electron chi connectivity index (χ3n) is 4.02. The van der Waals surface area contributed by atoms with E-state index >= 15 is 0 Å². The van der Waals surface area contributed by atoms with Crippen LogP contribution in [0, 0.1) is 0 Å². The Kier molecular flexibility index (Phi) is 4.74. The molecular formula is C17H18Cl2N2O2. The molecule has 1 heterocycles. The van der Waals surface area contributed by atoms with Gasteiger partial charge in [0.25, 0.3) is 0 Å². The maximum Gasteiger partial charge on any atom is 0.220 e. The van der Waals surface area contributed by atoms with Gasteiger partial charge in [0.1, 0.15) is 0 Å². The molecule has 23 heavy (non-hydrogen) atoms. The quantitative estimate of drug-likeness (QED) is 0.527. The zero-order valence-corrected chi connectivity index (χ0v) is 14.1. The van der Waals surface area contributed by atoms with Crippen LogP contribution in [0.1, 0.15) is 30.4 Å². The maximum atomic E-state index is 6.40. The lowest BCUT2D eigenvalue weighted by molar-refractivity contribution is -0.0982. The topological polar surface area (TPSA) is 70.5 Å². The highest BCUT2D eigenvalue weighted by molar-refractivity contribution is 6.33.